The van der Waals surface area contributed by atoms with Gasteiger partial charge in [-0.3, -0.25) is 0 Å². The van der Waals surface area contributed by atoms with Crippen molar-refractivity contribution in [2.24, 2.45) is 11.7 Å². The molecule has 1 fully saturated rings. The van der Waals surface area contributed by atoms with Crippen molar-refractivity contribution in [3.05, 3.63) is 35.9 Å². The summed E-state index contributed by atoms with van der Waals surface area (Å²) in [6, 6.07) is 10.9. The van der Waals surface area contributed by atoms with Crippen LogP contribution in [0.5, 0.6) is 0 Å². The Morgan fingerprint density at radius 3 is 2.28 bits per heavy atom. The minimum absolute atomic E-state index is 0.257. The van der Waals surface area contributed by atoms with E-state index in [1.54, 1.807) is 0 Å². The first-order chi connectivity index (χ1) is 8.66. The molecule has 1 aromatic carbocycles. The maximum absolute atomic E-state index is 6.00. The average molecular weight is 246 g/mol. The summed E-state index contributed by atoms with van der Waals surface area (Å²) in [6.45, 7) is 0.790. The summed E-state index contributed by atoms with van der Waals surface area (Å²) in [5.74, 6) is 0.840. The van der Waals surface area contributed by atoms with E-state index in [0.29, 0.717) is 0 Å². The van der Waals surface area contributed by atoms with Crippen LogP contribution >= 0.6 is 0 Å². The van der Waals surface area contributed by atoms with Crippen LogP contribution in [0.1, 0.15) is 31.2 Å². The molecule has 0 amide bonds. The largest absolute Gasteiger partial charge is 0.329 e. The normalized spacial score (nSPS) is 28.6. The second-order valence-electron chi connectivity index (χ2n) is 5.96. The van der Waals surface area contributed by atoms with Gasteiger partial charge in [-0.2, -0.15) is 0 Å². The van der Waals surface area contributed by atoms with Gasteiger partial charge in [-0.1, -0.05) is 30.3 Å². The second-order valence-corrected chi connectivity index (χ2v) is 5.96. The Kier molecular flexibility index (Phi) is 4.41. The number of rotatable bonds is 4. The number of hydrogen-bond acceptors (Lipinski definition) is 2. The number of likely N-dealkylation sites (N-methyl/N-ethyl adjacent to an activating group) is 1. The fourth-order valence-electron chi connectivity index (χ4n) is 3.20. The zero-order valence-corrected chi connectivity index (χ0v) is 11.7. The molecule has 18 heavy (non-hydrogen) atoms. The van der Waals surface area contributed by atoms with Crippen LogP contribution in [0.2, 0.25) is 0 Å². The van der Waals surface area contributed by atoms with Gasteiger partial charge in [0, 0.05) is 12.1 Å². The van der Waals surface area contributed by atoms with Crippen LogP contribution in [0.25, 0.3) is 0 Å². The van der Waals surface area contributed by atoms with Crippen molar-refractivity contribution in [3.8, 4) is 0 Å². The van der Waals surface area contributed by atoms with Gasteiger partial charge in [0.1, 0.15) is 0 Å². The number of hydrogen-bond donors (Lipinski definition) is 1. The number of benzene rings is 1. The van der Waals surface area contributed by atoms with Gasteiger partial charge in [0.2, 0.25) is 0 Å². The molecule has 0 heterocycles. The molecule has 0 atom stereocenters. The van der Waals surface area contributed by atoms with Crippen molar-refractivity contribution in [2.45, 2.75) is 37.6 Å². The maximum Gasteiger partial charge on any atom is 0.0325 e. The molecule has 1 saturated carbocycles. The van der Waals surface area contributed by atoms with Gasteiger partial charge < -0.3 is 10.6 Å². The van der Waals surface area contributed by atoms with Crippen LogP contribution in [0.4, 0.5) is 0 Å². The standard InChI is InChI=1S/C16H26N2/c1-18(2)16(13-17)10-8-15(9-11-16)12-14-6-4-3-5-7-14/h3-7,15H,8-13,17H2,1-2H3. The van der Waals surface area contributed by atoms with Crippen molar-refractivity contribution < 1.29 is 0 Å². The number of nitrogens with zero attached hydrogens (tertiary/aromatic N) is 1. The second kappa shape index (κ2) is 5.85. The third-order valence-corrected chi connectivity index (χ3v) is 4.73. The van der Waals surface area contributed by atoms with Crippen molar-refractivity contribution >= 4 is 0 Å². The molecule has 0 spiro atoms. The van der Waals surface area contributed by atoms with E-state index in [4.69, 9.17) is 5.73 Å². The molecule has 0 unspecified atom stereocenters. The fraction of sp³-hybridized carbons (Fsp3) is 0.625. The molecule has 0 saturated heterocycles. The maximum atomic E-state index is 6.00. The molecule has 1 aromatic rings. The monoisotopic (exact) mass is 246 g/mol. The van der Waals surface area contributed by atoms with Gasteiger partial charge in [-0.25, -0.2) is 0 Å². The van der Waals surface area contributed by atoms with E-state index in [9.17, 15) is 0 Å². The molecule has 1 aliphatic carbocycles. The predicted molar refractivity (Wildman–Crippen MR) is 77.6 cm³/mol. The molecule has 0 aromatic heterocycles. The van der Waals surface area contributed by atoms with Crippen molar-refractivity contribution in [1.29, 1.82) is 0 Å². The van der Waals surface area contributed by atoms with Crippen LogP contribution in [-0.4, -0.2) is 31.1 Å². The lowest BCUT2D eigenvalue weighted by Crippen LogP contribution is -2.52. The van der Waals surface area contributed by atoms with E-state index in [1.165, 1.54) is 37.7 Å². The highest BCUT2D eigenvalue weighted by Crippen LogP contribution is 2.36. The van der Waals surface area contributed by atoms with Crippen molar-refractivity contribution in [1.82, 2.24) is 4.90 Å². The van der Waals surface area contributed by atoms with E-state index < -0.39 is 0 Å². The van der Waals surface area contributed by atoms with Crippen molar-refractivity contribution in [3.63, 3.8) is 0 Å². The molecule has 1 aliphatic rings. The van der Waals surface area contributed by atoms with Gasteiger partial charge in [-0.05, 0) is 57.7 Å². The molecule has 0 radical (unpaired) electrons. The molecule has 2 heteroatoms. The molecular weight excluding hydrogens is 220 g/mol. The molecule has 2 rings (SSSR count). The summed E-state index contributed by atoms with van der Waals surface area (Å²) in [6.07, 6.45) is 6.34. The molecule has 0 bridgehead atoms. The SMILES string of the molecule is CN(C)C1(CN)CCC(Cc2ccccc2)CC1. The minimum atomic E-state index is 0.257. The lowest BCUT2D eigenvalue weighted by atomic mass is 9.74. The average Bonchev–Trinajstić information content (AvgIpc) is 2.41. The first kappa shape index (κ1) is 13.6. The van der Waals surface area contributed by atoms with Gasteiger partial charge in [-0.15, -0.1) is 0 Å². The van der Waals surface area contributed by atoms with E-state index in [1.807, 2.05) is 0 Å². The zero-order valence-electron chi connectivity index (χ0n) is 11.7. The molecular formula is C16H26N2. The zero-order chi connectivity index (χ0) is 13.0. The predicted octanol–water partition coefficient (Wildman–Crippen LogP) is 2.68. The summed E-state index contributed by atoms with van der Waals surface area (Å²) in [5, 5.41) is 0. The Bertz CT molecular complexity index is 351. The Labute approximate surface area is 111 Å². The lowest BCUT2D eigenvalue weighted by Gasteiger charge is -2.44. The lowest BCUT2D eigenvalue weighted by molar-refractivity contribution is 0.0872. The molecule has 2 nitrogen and oxygen atoms in total. The highest BCUT2D eigenvalue weighted by Gasteiger charge is 2.35. The van der Waals surface area contributed by atoms with Crippen LogP contribution in [0.3, 0.4) is 0 Å². The minimum Gasteiger partial charge on any atom is -0.329 e. The third kappa shape index (κ3) is 2.93. The van der Waals surface area contributed by atoms with Crippen LogP contribution < -0.4 is 5.73 Å². The van der Waals surface area contributed by atoms with E-state index in [-0.39, 0.29) is 5.54 Å². The molecule has 0 aliphatic heterocycles. The van der Waals surface area contributed by atoms with E-state index >= 15 is 0 Å². The smallest absolute Gasteiger partial charge is 0.0325 e. The summed E-state index contributed by atoms with van der Waals surface area (Å²) in [5.41, 5.74) is 7.73. The van der Waals surface area contributed by atoms with Gasteiger partial charge in [0.15, 0.2) is 0 Å². The first-order valence-electron chi connectivity index (χ1n) is 7.08. The summed E-state index contributed by atoms with van der Waals surface area (Å²) in [4.78, 5) is 2.34. The van der Waals surface area contributed by atoms with E-state index in [2.05, 4.69) is 49.3 Å². The first-order valence-corrected chi connectivity index (χ1v) is 7.08. The molecule has 100 valence electrons. The topological polar surface area (TPSA) is 29.3 Å². The highest BCUT2D eigenvalue weighted by molar-refractivity contribution is 5.15. The Morgan fingerprint density at radius 2 is 1.78 bits per heavy atom. The summed E-state index contributed by atoms with van der Waals surface area (Å²) < 4.78 is 0. The van der Waals surface area contributed by atoms with Gasteiger partial charge >= 0.3 is 0 Å². The Morgan fingerprint density at radius 1 is 1.17 bits per heavy atom. The van der Waals surface area contributed by atoms with Crippen LogP contribution in [-0.2, 0) is 6.42 Å². The van der Waals surface area contributed by atoms with Crippen LogP contribution in [0.15, 0.2) is 30.3 Å². The summed E-state index contributed by atoms with van der Waals surface area (Å²) >= 11 is 0. The van der Waals surface area contributed by atoms with Crippen LogP contribution in [0, 0.1) is 5.92 Å². The summed E-state index contributed by atoms with van der Waals surface area (Å²) in [7, 11) is 4.34. The quantitative estimate of drug-likeness (QED) is 0.885. The Balaban J connectivity index is 1.91. The third-order valence-electron chi connectivity index (χ3n) is 4.73. The van der Waals surface area contributed by atoms with Crippen molar-refractivity contribution in [2.75, 3.05) is 20.6 Å². The molecule has 2 N–H and O–H groups in total. The van der Waals surface area contributed by atoms with Gasteiger partial charge in [0.25, 0.3) is 0 Å². The van der Waals surface area contributed by atoms with E-state index in [0.717, 1.165) is 12.5 Å². The highest BCUT2D eigenvalue weighted by atomic mass is 15.2. The van der Waals surface area contributed by atoms with Gasteiger partial charge in [0.05, 0.1) is 0 Å². The fourth-order valence-corrected chi connectivity index (χ4v) is 3.20. The number of nitrogens with two attached hydrogens (primary N) is 1. The Hall–Kier alpha value is -0.860.